The molecule has 0 aliphatic heterocycles. The highest BCUT2D eigenvalue weighted by Gasteiger charge is 1.89. The standard InChI is InChI=1S/C10H13N3O/c1-8(11)12-7-13-9-3-5-10(14-2)6-4-9/h3-7H,1-2H3,(H2,11,12,13). The third kappa shape index (κ3) is 3.26. The van der Waals surface area contributed by atoms with Crippen LogP contribution < -0.4 is 10.5 Å². The lowest BCUT2D eigenvalue weighted by Gasteiger charge is -1.97. The fraction of sp³-hybridized carbons (Fsp3) is 0.200. The van der Waals surface area contributed by atoms with Crippen LogP contribution in [0.25, 0.3) is 0 Å². The quantitative estimate of drug-likeness (QED) is 0.584. The van der Waals surface area contributed by atoms with Gasteiger partial charge in [-0.1, -0.05) is 0 Å². The number of nitrogens with two attached hydrogens (primary N) is 1. The van der Waals surface area contributed by atoms with Gasteiger partial charge >= 0.3 is 0 Å². The summed E-state index contributed by atoms with van der Waals surface area (Å²) in [6.45, 7) is 1.71. The fourth-order valence-corrected chi connectivity index (χ4v) is 0.855. The summed E-state index contributed by atoms with van der Waals surface area (Å²) < 4.78 is 5.01. The van der Waals surface area contributed by atoms with E-state index in [2.05, 4.69) is 9.98 Å². The third-order valence-electron chi connectivity index (χ3n) is 1.54. The second-order valence-corrected chi connectivity index (χ2v) is 2.71. The summed E-state index contributed by atoms with van der Waals surface area (Å²) in [5.74, 6) is 1.30. The van der Waals surface area contributed by atoms with Crippen LogP contribution in [0.2, 0.25) is 0 Å². The molecule has 0 heterocycles. The van der Waals surface area contributed by atoms with Crippen molar-refractivity contribution in [3.8, 4) is 5.75 Å². The number of rotatable bonds is 3. The lowest BCUT2D eigenvalue weighted by atomic mass is 10.3. The molecule has 1 rings (SSSR count). The van der Waals surface area contributed by atoms with E-state index < -0.39 is 0 Å². The highest BCUT2D eigenvalue weighted by atomic mass is 16.5. The molecule has 0 saturated carbocycles. The predicted octanol–water partition coefficient (Wildman–Crippen LogP) is 1.73. The maximum Gasteiger partial charge on any atom is 0.119 e. The number of benzene rings is 1. The molecule has 0 atom stereocenters. The van der Waals surface area contributed by atoms with Crippen LogP contribution in [0.5, 0.6) is 5.75 Å². The van der Waals surface area contributed by atoms with Crippen LogP contribution in [-0.2, 0) is 0 Å². The van der Waals surface area contributed by atoms with Crippen molar-refractivity contribution >= 4 is 17.9 Å². The summed E-state index contributed by atoms with van der Waals surface area (Å²) in [5.41, 5.74) is 6.16. The van der Waals surface area contributed by atoms with E-state index in [-0.39, 0.29) is 0 Å². The smallest absolute Gasteiger partial charge is 0.119 e. The lowest BCUT2D eigenvalue weighted by molar-refractivity contribution is 0.415. The van der Waals surface area contributed by atoms with E-state index in [0.29, 0.717) is 5.84 Å². The first-order chi connectivity index (χ1) is 6.72. The van der Waals surface area contributed by atoms with E-state index >= 15 is 0 Å². The molecule has 0 aliphatic carbocycles. The molecule has 1 aromatic carbocycles. The highest BCUT2D eigenvalue weighted by molar-refractivity contribution is 5.85. The minimum Gasteiger partial charge on any atom is -0.497 e. The SMILES string of the molecule is COc1ccc(N=CN=C(C)N)cc1. The minimum atomic E-state index is 0.488. The van der Waals surface area contributed by atoms with Crippen LogP contribution in [0, 0.1) is 0 Å². The van der Waals surface area contributed by atoms with Gasteiger partial charge in [0.05, 0.1) is 18.6 Å². The molecule has 2 N–H and O–H groups in total. The number of nitrogens with zero attached hydrogens (tertiary/aromatic N) is 2. The van der Waals surface area contributed by atoms with Gasteiger partial charge in [-0.3, -0.25) is 0 Å². The molecule has 0 spiro atoms. The van der Waals surface area contributed by atoms with Crippen molar-refractivity contribution in [2.45, 2.75) is 6.92 Å². The molecule has 14 heavy (non-hydrogen) atoms. The molecule has 0 amide bonds. The Morgan fingerprint density at radius 1 is 1.36 bits per heavy atom. The molecular weight excluding hydrogens is 178 g/mol. The van der Waals surface area contributed by atoms with Gasteiger partial charge in [0, 0.05) is 0 Å². The van der Waals surface area contributed by atoms with E-state index in [4.69, 9.17) is 10.5 Å². The lowest BCUT2D eigenvalue weighted by Crippen LogP contribution is -2.04. The van der Waals surface area contributed by atoms with Gasteiger partial charge in [-0.2, -0.15) is 0 Å². The Kier molecular flexibility index (Phi) is 3.67. The predicted molar refractivity (Wildman–Crippen MR) is 58.4 cm³/mol. The Labute approximate surface area is 83.1 Å². The first-order valence-electron chi connectivity index (χ1n) is 4.19. The van der Waals surface area contributed by atoms with Crippen molar-refractivity contribution in [2.75, 3.05) is 7.11 Å². The summed E-state index contributed by atoms with van der Waals surface area (Å²) in [6.07, 6.45) is 1.43. The number of hydrogen-bond acceptors (Lipinski definition) is 2. The third-order valence-corrected chi connectivity index (χ3v) is 1.54. The van der Waals surface area contributed by atoms with Crippen LogP contribution in [0.3, 0.4) is 0 Å². The zero-order valence-corrected chi connectivity index (χ0v) is 8.27. The topological polar surface area (TPSA) is 60.0 Å². The van der Waals surface area contributed by atoms with Gasteiger partial charge in [0.25, 0.3) is 0 Å². The zero-order valence-electron chi connectivity index (χ0n) is 8.27. The number of amidine groups is 1. The zero-order chi connectivity index (χ0) is 10.4. The van der Waals surface area contributed by atoms with E-state index in [9.17, 15) is 0 Å². The van der Waals surface area contributed by atoms with E-state index in [0.717, 1.165) is 11.4 Å². The van der Waals surface area contributed by atoms with Gasteiger partial charge in [0.2, 0.25) is 0 Å². The number of hydrogen-bond donors (Lipinski definition) is 1. The second kappa shape index (κ2) is 5.01. The summed E-state index contributed by atoms with van der Waals surface area (Å²) in [6, 6.07) is 7.37. The first-order valence-corrected chi connectivity index (χ1v) is 4.19. The summed E-state index contributed by atoms with van der Waals surface area (Å²) in [7, 11) is 1.63. The van der Waals surface area contributed by atoms with Crippen molar-refractivity contribution in [2.24, 2.45) is 15.7 Å². The molecular formula is C10H13N3O. The Balaban J connectivity index is 2.69. The minimum absolute atomic E-state index is 0.488. The van der Waals surface area contributed by atoms with E-state index in [1.165, 1.54) is 6.34 Å². The molecule has 74 valence electrons. The van der Waals surface area contributed by atoms with Gasteiger partial charge in [-0.15, -0.1) is 0 Å². The molecule has 0 bridgehead atoms. The summed E-state index contributed by atoms with van der Waals surface area (Å²) >= 11 is 0. The van der Waals surface area contributed by atoms with E-state index in [1.54, 1.807) is 14.0 Å². The molecule has 0 aliphatic rings. The molecule has 0 radical (unpaired) electrons. The van der Waals surface area contributed by atoms with Crippen molar-refractivity contribution in [1.82, 2.24) is 0 Å². The normalized spacial score (nSPS) is 12.0. The van der Waals surface area contributed by atoms with Crippen LogP contribution in [0.15, 0.2) is 34.3 Å². The number of methoxy groups -OCH3 is 1. The maximum atomic E-state index is 5.34. The molecule has 0 aromatic heterocycles. The Morgan fingerprint density at radius 2 is 2.00 bits per heavy atom. The number of ether oxygens (including phenoxy) is 1. The first kappa shape index (κ1) is 10.2. The van der Waals surface area contributed by atoms with Crippen LogP contribution in [-0.4, -0.2) is 19.3 Å². The van der Waals surface area contributed by atoms with Crippen molar-refractivity contribution < 1.29 is 4.74 Å². The van der Waals surface area contributed by atoms with Gasteiger partial charge in [0.15, 0.2) is 0 Å². The maximum absolute atomic E-state index is 5.34. The van der Waals surface area contributed by atoms with Crippen LogP contribution in [0.1, 0.15) is 6.92 Å². The van der Waals surface area contributed by atoms with E-state index in [1.807, 2.05) is 24.3 Å². The molecule has 4 heteroatoms. The monoisotopic (exact) mass is 191 g/mol. The van der Waals surface area contributed by atoms with Crippen LogP contribution in [0.4, 0.5) is 5.69 Å². The molecule has 4 nitrogen and oxygen atoms in total. The Morgan fingerprint density at radius 3 is 2.50 bits per heavy atom. The van der Waals surface area contributed by atoms with Gasteiger partial charge < -0.3 is 10.5 Å². The molecule has 0 saturated heterocycles. The van der Waals surface area contributed by atoms with Gasteiger partial charge in [0.1, 0.15) is 12.1 Å². The van der Waals surface area contributed by atoms with Crippen molar-refractivity contribution in [3.63, 3.8) is 0 Å². The summed E-state index contributed by atoms with van der Waals surface area (Å²) in [5, 5.41) is 0. The van der Waals surface area contributed by atoms with Crippen molar-refractivity contribution in [3.05, 3.63) is 24.3 Å². The molecule has 0 unspecified atom stereocenters. The molecule has 1 aromatic rings. The average molecular weight is 191 g/mol. The van der Waals surface area contributed by atoms with Crippen molar-refractivity contribution in [1.29, 1.82) is 0 Å². The average Bonchev–Trinajstić information content (AvgIpc) is 2.18. The fourth-order valence-electron chi connectivity index (χ4n) is 0.855. The van der Waals surface area contributed by atoms with Gasteiger partial charge in [-0.25, -0.2) is 9.98 Å². The summed E-state index contributed by atoms with van der Waals surface area (Å²) in [4.78, 5) is 7.91. The highest BCUT2D eigenvalue weighted by Crippen LogP contribution is 2.16. The Hall–Kier alpha value is -1.84. The van der Waals surface area contributed by atoms with Crippen LogP contribution >= 0.6 is 0 Å². The Bertz CT molecular complexity index is 337. The number of aliphatic imine (C=N–C) groups is 2. The van der Waals surface area contributed by atoms with Gasteiger partial charge in [-0.05, 0) is 31.2 Å². The molecule has 0 fully saturated rings. The second-order valence-electron chi connectivity index (χ2n) is 2.71. The largest absolute Gasteiger partial charge is 0.497 e.